The van der Waals surface area contributed by atoms with Gasteiger partial charge in [-0.25, -0.2) is 0 Å². The second-order valence-electron chi connectivity index (χ2n) is 9.09. The lowest BCUT2D eigenvalue weighted by Crippen LogP contribution is -2.45. The summed E-state index contributed by atoms with van der Waals surface area (Å²) < 4.78 is 5.35. The van der Waals surface area contributed by atoms with Crippen molar-refractivity contribution in [2.45, 2.75) is 98.8 Å². The second-order valence-corrected chi connectivity index (χ2v) is 9.09. The number of aliphatic hydroxyl groups excluding tert-OH is 1. The lowest BCUT2D eigenvalue weighted by atomic mass is 10.2. The van der Waals surface area contributed by atoms with E-state index in [0.717, 1.165) is 45.7 Å². The van der Waals surface area contributed by atoms with Crippen LogP contribution in [-0.4, -0.2) is 96.5 Å². The van der Waals surface area contributed by atoms with Gasteiger partial charge in [-0.15, -0.1) is 0 Å². The first-order chi connectivity index (χ1) is 13.2. The third-order valence-corrected chi connectivity index (χ3v) is 5.51. The monoisotopic (exact) mass is 401 g/mol. The van der Waals surface area contributed by atoms with Gasteiger partial charge in [-0.3, -0.25) is 14.7 Å². The summed E-state index contributed by atoms with van der Waals surface area (Å²) in [4.78, 5) is 7.55. The smallest absolute Gasteiger partial charge is 0.0594 e. The van der Waals surface area contributed by atoms with Gasteiger partial charge in [0.2, 0.25) is 0 Å². The Morgan fingerprint density at radius 1 is 0.714 bits per heavy atom. The number of hydrogen-bond donors (Lipinski definition) is 1. The molecule has 5 heteroatoms. The van der Waals surface area contributed by atoms with Crippen LogP contribution in [0.5, 0.6) is 0 Å². The topological polar surface area (TPSA) is 39.2 Å². The van der Waals surface area contributed by atoms with Crippen molar-refractivity contribution >= 4 is 0 Å². The van der Waals surface area contributed by atoms with Gasteiger partial charge in [0.25, 0.3) is 0 Å². The fourth-order valence-electron chi connectivity index (χ4n) is 3.89. The van der Waals surface area contributed by atoms with Crippen LogP contribution in [0.4, 0.5) is 0 Å². The highest BCUT2D eigenvalue weighted by Crippen LogP contribution is 2.08. The summed E-state index contributed by atoms with van der Waals surface area (Å²) in [7, 11) is 0. The molecule has 0 unspecified atom stereocenters. The van der Waals surface area contributed by atoms with Crippen molar-refractivity contribution in [1.82, 2.24) is 14.7 Å². The lowest BCUT2D eigenvalue weighted by molar-refractivity contribution is 0.0293. The van der Waals surface area contributed by atoms with Gasteiger partial charge in [0.1, 0.15) is 0 Å². The van der Waals surface area contributed by atoms with Crippen LogP contribution in [0.15, 0.2) is 0 Å². The molecule has 0 spiro atoms. The van der Waals surface area contributed by atoms with E-state index in [1.165, 1.54) is 19.5 Å². The molecule has 5 nitrogen and oxygen atoms in total. The third kappa shape index (κ3) is 13.1. The van der Waals surface area contributed by atoms with Crippen LogP contribution >= 0.6 is 0 Å². The molecule has 0 radical (unpaired) electrons. The molecule has 1 fully saturated rings. The van der Waals surface area contributed by atoms with E-state index in [1.807, 2.05) is 0 Å². The van der Waals surface area contributed by atoms with Crippen LogP contribution in [0.25, 0.3) is 0 Å². The van der Waals surface area contributed by atoms with Gasteiger partial charge in [0.15, 0.2) is 0 Å². The molecule has 0 aromatic heterocycles. The minimum Gasteiger partial charge on any atom is -0.396 e. The molecule has 0 aromatic rings. The van der Waals surface area contributed by atoms with Crippen molar-refractivity contribution in [3.8, 4) is 0 Å². The number of ether oxygens (including phenoxy) is 1. The minimum absolute atomic E-state index is 0.337. The molecule has 0 bridgehead atoms. The van der Waals surface area contributed by atoms with Gasteiger partial charge in [0.05, 0.1) is 13.2 Å². The first-order valence-corrected chi connectivity index (χ1v) is 11.6. The summed E-state index contributed by atoms with van der Waals surface area (Å²) in [6.45, 7) is 25.9. The Kier molecular flexibility index (Phi) is 16.5. The molecule has 0 saturated carbocycles. The lowest BCUT2D eigenvalue weighted by Gasteiger charge is -2.34. The number of aliphatic hydroxyl groups is 1. The van der Waals surface area contributed by atoms with E-state index in [9.17, 15) is 0 Å². The van der Waals surface area contributed by atoms with Crippen molar-refractivity contribution in [3.63, 3.8) is 0 Å². The largest absolute Gasteiger partial charge is 0.396 e. The van der Waals surface area contributed by atoms with Gasteiger partial charge in [-0.1, -0.05) is 0 Å². The summed E-state index contributed by atoms with van der Waals surface area (Å²) in [5.41, 5.74) is 0. The van der Waals surface area contributed by atoms with Crippen LogP contribution in [0.1, 0.15) is 74.7 Å². The number of hydrogen-bond acceptors (Lipinski definition) is 5. The molecule has 28 heavy (non-hydrogen) atoms. The second kappa shape index (κ2) is 16.6. The fraction of sp³-hybridized carbons (Fsp3) is 1.00. The van der Waals surface area contributed by atoms with E-state index in [0.29, 0.717) is 30.8 Å². The molecule has 1 aliphatic heterocycles. The molecular formula is C23H51N3O2. The molecule has 170 valence electrons. The quantitative estimate of drug-likeness (QED) is 0.505. The first kappa shape index (κ1) is 27.8. The van der Waals surface area contributed by atoms with Crippen LogP contribution in [-0.2, 0) is 4.74 Å². The van der Waals surface area contributed by atoms with Crippen molar-refractivity contribution < 1.29 is 9.84 Å². The van der Waals surface area contributed by atoms with Crippen molar-refractivity contribution in [2.75, 3.05) is 52.5 Å². The zero-order valence-corrected chi connectivity index (χ0v) is 20.3. The first-order valence-electron chi connectivity index (χ1n) is 11.6. The van der Waals surface area contributed by atoms with Crippen LogP contribution in [0.2, 0.25) is 0 Å². The van der Waals surface area contributed by atoms with Gasteiger partial charge < -0.3 is 9.84 Å². The summed E-state index contributed by atoms with van der Waals surface area (Å²) in [5, 5.41) is 8.64. The molecule has 0 aliphatic carbocycles. The zero-order valence-electron chi connectivity index (χ0n) is 20.3. The Balaban J connectivity index is 0.000000528. The summed E-state index contributed by atoms with van der Waals surface area (Å²) in [6.07, 6.45) is 3.30. The normalized spacial score (nSPS) is 16.0. The molecule has 0 amide bonds. The molecule has 0 atom stereocenters. The van der Waals surface area contributed by atoms with Crippen molar-refractivity contribution in [3.05, 3.63) is 0 Å². The number of rotatable bonds is 12. The standard InChI is InChI=1S/C12H26N2O.C11H25NO/c1-11(2)14(12(3)4)6-5-13-7-9-15-10-8-13;1-10(2)12(11(3)4)8-6-5-7-9-13/h11-12H,5-10H2,1-4H3;10-11,13H,5-9H2,1-4H3. The third-order valence-electron chi connectivity index (χ3n) is 5.51. The van der Waals surface area contributed by atoms with Crippen LogP contribution < -0.4 is 0 Å². The maximum Gasteiger partial charge on any atom is 0.0594 e. The maximum absolute atomic E-state index is 8.64. The zero-order chi connectivity index (χ0) is 21.5. The van der Waals surface area contributed by atoms with E-state index in [-0.39, 0.29) is 0 Å². The minimum atomic E-state index is 0.337. The van der Waals surface area contributed by atoms with E-state index >= 15 is 0 Å². The summed E-state index contributed by atoms with van der Waals surface area (Å²) in [6, 6.07) is 2.56. The average molecular weight is 402 g/mol. The molecule has 1 aliphatic rings. The predicted molar refractivity (Wildman–Crippen MR) is 122 cm³/mol. The predicted octanol–water partition coefficient (Wildman–Crippen LogP) is 3.71. The SMILES string of the molecule is CC(C)N(CCCCCO)C(C)C.CC(C)N(CCN1CCOCC1)C(C)C. The van der Waals surface area contributed by atoms with Crippen LogP contribution in [0.3, 0.4) is 0 Å². The highest BCUT2D eigenvalue weighted by atomic mass is 16.5. The van der Waals surface area contributed by atoms with Crippen LogP contribution in [0, 0.1) is 0 Å². The molecule has 1 heterocycles. The number of unbranched alkanes of at least 4 members (excludes halogenated alkanes) is 2. The van der Waals surface area contributed by atoms with E-state index in [4.69, 9.17) is 9.84 Å². The van der Waals surface area contributed by atoms with Gasteiger partial charge in [0, 0.05) is 57.0 Å². The molecule has 0 aromatic carbocycles. The summed E-state index contributed by atoms with van der Waals surface area (Å²) in [5.74, 6) is 0. The van der Waals surface area contributed by atoms with Gasteiger partial charge in [-0.05, 0) is 81.2 Å². The Labute approximate surface area is 176 Å². The highest BCUT2D eigenvalue weighted by Gasteiger charge is 2.16. The Morgan fingerprint density at radius 2 is 1.18 bits per heavy atom. The molecule has 1 saturated heterocycles. The van der Waals surface area contributed by atoms with Gasteiger partial charge in [-0.2, -0.15) is 0 Å². The fourth-order valence-corrected chi connectivity index (χ4v) is 3.89. The average Bonchev–Trinajstić information content (AvgIpc) is 2.62. The molecule has 1 rings (SSSR count). The van der Waals surface area contributed by atoms with E-state index in [1.54, 1.807) is 0 Å². The van der Waals surface area contributed by atoms with Crippen molar-refractivity contribution in [2.24, 2.45) is 0 Å². The van der Waals surface area contributed by atoms with Crippen molar-refractivity contribution in [1.29, 1.82) is 0 Å². The van der Waals surface area contributed by atoms with Gasteiger partial charge >= 0.3 is 0 Å². The maximum atomic E-state index is 8.64. The summed E-state index contributed by atoms with van der Waals surface area (Å²) >= 11 is 0. The number of nitrogens with zero attached hydrogens (tertiary/aromatic N) is 3. The Bertz CT molecular complexity index is 327. The van der Waals surface area contributed by atoms with E-state index < -0.39 is 0 Å². The molecular weight excluding hydrogens is 350 g/mol. The number of morpholine rings is 1. The molecule has 1 N–H and O–H groups in total. The highest BCUT2D eigenvalue weighted by molar-refractivity contribution is 4.71. The Morgan fingerprint density at radius 3 is 1.61 bits per heavy atom. The Hall–Kier alpha value is -0.200. The van der Waals surface area contributed by atoms with E-state index in [2.05, 4.69) is 70.1 Å².